The highest BCUT2D eigenvalue weighted by Crippen LogP contribution is 2.35. The van der Waals surface area contributed by atoms with Crippen LogP contribution in [0.15, 0.2) is 36.4 Å². The van der Waals surface area contributed by atoms with Crippen molar-refractivity contribution in [1.82, 2.24) is 5.32 Å². The van der Waals surface area contributed by atoms with Gasteiger partial charge in [0.05, 0.1) is 26.8 Å². The van der Waals surface area contributed by atoms with Crippen LogP contribution in [-0.4, -0.2) is 32.7 Å². The van der Waals surface area contributed by atoms with Crippen LogP contribution in [0.5, 0.6) is 11.5 Å². The first-order valence-electron chi connectivity index (χ1n) is 11.0. The second-order valence-electron chi connectivity index (χ2n) is 8.76. The number of quaternary nitrogens is 1. The molecule has 31 heavy (non-hydrogen) atoms. The zero-order valence-corrected chi connectivity index (χ0v) is 19.1. The molecule has 2 aromatic rings. The van der Waals surface area contributed by atoms with Gasteiger partial charge in [0, 0.05) is 24.0 Å². The van der Waals surface area contributed by atoms with Crippen molar-refractivity contribution < 1.29 is 23.6 Å². The van der Waals surface area contributed by atoms with E-state index in [1.807, 2.05) is 45.0 Å². The van der Waals surface area contributed by atoms with Gasteiger partial charge >= 0.3 is 0 Å². The lowest BCUT2D eigenvalue weighted by Crippen LogP contribution is -3.13. The maximum atomic E-state index is 14.4. The molecule has 0 spiro atoms. The fraction of sp³-hybridized carbons (Fsp3) is 0.480. The quantitative estimate of drug-likeness (QED) is 0.678. The lowest BCUT2D eigenvalue weighted by Gasteiger charge is -2.38. The molecule has 1 aliphatic heterocycles. The summed E-state index contributed by atoms with van der Waals surface area (Å²) in [4.78, 5) is 13.8. The zero-order valence-electron chi connectivity index (χ0n) is 19.1. The molecular weight excluding hydrogens is 395 g/mol. The van der Waals surface area contributed by atoms with Crippen LogP contribution in [0.1, 0.15) is 49.9 Å². The molecule has 0 fully saturated rings. The van der Waals surface area contributed by atoms with Crippen molar-refractivity contribution in [3.05, 3.63) is 58.9 Å². The Bertz CT molecular complexity index is 916. The Labute approximate surface area is 184 Å². The number of halogens is 1. The predicted molar refractivity (Wildman–Crippen MR) is 119 cm³/mol. The highest BCUT2D eigenvalue weighted by Gasteiger charge is 2.37. The molecule has 1 heterocycles. The van der Waals surface area contributed by atoms with Crippen LogP contribution in [0.4, 0.5) is 4.39 Å². The van der Waals surface area contributed by atoms with Gasteiger partial charge in [0.2, 0.25) is 5.91 Å². The summed E-state index contributed by atoms with van der Waals surface area (Å²) >= 11 is 0. The van der Waals surface area contributed by atoms with E-state index in [0.717, 1.165) is 18.5 Å². The first kappa shape index (κ1) is 23.1. The van der Waals surface area contributed by atoms with Gasteiger partial charge in [-0.3, -0.25) is 4.79 Å². The van der Waals surface area contributed by atoms with Crippen LogP contribution in [-0.2, 0) is 17.8 Å². The first-order chi connectivity index (χ1) is 14.8. The lowest BCUT2D eigenvalue weighted by atomic mass is 9.87. The van der Waals surface area contributed by atoms with E-state index in [9.17, 15) is 9.18 Å². The third kappa shape index (κ3) is 5.37. The van der Waals surface area contributed by atoms with E-state index < -0.39 is 0 Å². The Morgan fingerprint density at radius 3 is 2.48 bits per heavy atom. The highest BCUT2D eigenvalue weighted by atomic mass is 19.1. The summed E-state index contributed by atoms with van der Waals surface area (Å²) in [5.74, 6) is 1.51. The number of rotatable bonds is 8. The van der Waals surface area contributed by atoms with E-state index in [0.29, 0.717) is 30.0 Å². The number of carbonyl (C=O) groups is 1. The van der Waals surface area contributed by atoms with E-state index >= 15 is 0 Å². The number of fused-ring (bicyclic) bond motifs is 1. The van der Waals surface area contributed by atoms with E-state index in [1.165, 1.54) is 16.5 Å². The van der Waals surface area contributed by atoms with Crippen LogP contribution in [0.3, 0.4) is 0 Å². The van der Waals surface area contributed by atoms with Crippen LogP contribution < -0.4 is 19.7 Å². The van der Waals surface area contributed by atoms with Gasteiger partial charge in [-0.25, -0.2) is 4.39 Å². The van der Waals surface area contributed by atoms with Crippen molar-refractivity contribution in [3.8, 4) is 11.5 Å². The number of carbonyl (C=O) groups excluding carboxylic acids is 1. The van der Waals surface area contributed by atoms with Crippen LogP contribution >= 0.6 is 0 Å². The Hall–Kier alpha value is -2.60. The number of nitrogens with one attached hydrogen (secondary N) is 2. The van der Waals surface area contributed by atoms with Gasteiger partial charge in [-0.2, -0.15) is 0 Å². The molecule has 1 aliphatic rings. The molecule has 0 radical (unpaired) electrons. The molecule has 0 aromatic heterocycles. The smallest absolute Gasteiger partial charge is 0.220 e. The molecule has 5 nitrogen and oxygen atoms in total. The summed E-state index contributed by atoms with van der Waals surface area (Å²) in [6.45, 7) is 7.50. The summed E-state index contributed by atoms with van der Waals surface area (Å²) in [5.41, 5.74) is 2.99. The third-order valence-corrected chi connectivity index (χ3v) is 5.99. The Balaban J connectivity index is 1.97. The Morgan fingerprint density at radius 1 is 1.16 bits per heavy atom. The third-order valence-electron chi connectivity index (χ3n) is 5.99. The molecule has 0 bridgehead atoms. The number of methoxy groups -OCH3 is 2. The summed E-state index contributed by atoms with van der Waals surface area (Å²) in [6, 6.07) is 10.8. The highest BCUT2D eigenvalue weighted by molar-refractivity contribution is 5.76. The van der Waals surface area contributed by atoms with E-state index in [2.05, 4.69) is 5.32 Å². The minimum atomic E-state index is -0.191. The summed E-state index contributed by atoms with van der Waals surface area (Å²) in [7, 11) is 3.26. The Morgan fingerprint density at radius 2 is 1.84 bits per heavy atom. The second kappa shape index (κ2) is 10.1. The van der Waals surface area contributed by atoms with Crippen molar-refractivity contribution in [2.24, 2.45) is 5.92 Å². The molecule has 3 rings (SSSR count). The monoisotopic (exact) mass is 429 g/mol. The summed E-state index contributed by atoms with van der Waals surface area (Å²) in [6.07, 6.45) is 1.33. The molecule has 0 saturated heterocycles. The molecule has 1 amide bonds. The van der Waals surface area contributed by atoms with Gasteiger partial charge in [0.1, 0.15) is 18.4 Å². The number of ether oxygens (including phenoxy) is 2. The van der Waals surface area contributed by atoms with Crippen LogP contribution in [0.25, 0.3) is 0 Å². The number of hydrogen-bond acceptors (Lipinski definition) is 3. The molecule has 0 saturated carbocycles. The van der Waals surface area contributed by atoms with Gasteiger partial charge in [-0.1, -0.05) is 32.0 Å². The molecule has 2 N–H and O–H groups in total. The molecule has 2 aromatic carbocycles. The zero-order chi connectivity index (χ0) is 22.5. The first-order valence-corrected chi connectivity index (χ1v) is 11.0. The van der Waals surface area contributed by atoms with E-state index in [1.54, 1.807) is 20.3 Å². The normalized spacial score (nSPS) is 18.9. The average molecular weight is 430 g/mol. The maximum Gasteiger partial charge on any atom is 0.220 e. The molecule has 1 unspecified atom stereocenters. The Kier molecular flexibility index (Phi) is 7.55. The number of benzene rings is 2. The van der Waals surface area contributed by atoms with Gasteiger partial charge in [-0.15, -0.1) is 0 Å². The van der Waals surface area contributed by atoms with E-state index in [4.69, 9.17) is 9.47 Å². The van der Waals surface area contributed by atoms with Gasteiger partial charge < -0.3 is 19.7 Å². The minimum absolute atomic E-state index is 0.0284. The van der Waals surface area contributed by atoms with Crippen molar-refractivity contribution in [2.75, 3.05) is 20.8 Å². The SMILES string of the molecule is COc1cc2c(cc1OC)[C@@H]([C@@H](C)NC(=O)CC(C)C)[NH+](Cc1ccccc1F)CC2. The standard InChI is InChI=1S/C25H33FN2O3/c1-16(2)12-24(29)27-17(3)25-20-14-23(31-5)22(30-4)13-18(20)10-11-28(25)15-19-8-6-7-9-21(19)26/h6-9,13-14,16-17,25H,10-12,15H2,1-5H3,(H,27,29)/p+1/t17-,25-/m1/s1. The predicted octanol–water partition coefficient (Wildman–Crippen LogP) is 3.08. The fourth-order valence-corrected chi connectivity index (χ4v) is 4.59. The van der Waals surface area contributed by atoms with Crippen LogP contribution in [0, 0.1) is 11.7 Å². The summed E-state index contributed by atoms with van der Waals surface area (Å²) < 4.78 is 25.5. The molecular formula is C25H34FN2O3+. The number of amides is 1. The van der Waals surface area contributed by atoms with Gasteiger partial charge in [0.15, 0.2) is 11.5 Å². The molecule has 168 valence electrons. The topological polar surface area (TPSA) is 52.0 Å². The maximum absolute atomic E-state index is 14.4. The summed E-state index contributed by atoms with van der Waals surface area (Å²) in [5, 5.41) is 3.19. The molecule has 3 atom stereocenters. The van der Waals surface area contributed by atoms with Crippen LogP contribution in [0.2, 0.25) is 0 Å². The number of hydrogen-bond donors (Lipinski definition) is 2. The fourth-order valence-electron chi connectivity index (χ4n) is 4.59. The van der Waals surface area contributed by atoms with Gasteiger partial charge in [-0.05, 0) is 36.6 Å². The minimum Gasteiger partial charge on any atom is -0.493 e. The van der Waals surface area contributed by atoms with Crippen molar-refractivity contribution >= 4 is 5.91 Å². The van der Waals surface area contributed by atoms with Crippen molar-refractivity contribution in [3.63, 3.8) is 0 Å². The van der Waals surface area contributed by atoms with E-state index in [-0.39, 0.29) is 29.7 Å². The molecule has 0 aliphatic carbocycles. The largest absolute Gasteiger partial charge is 0.493 e. The van der Waals surface area contributed by atoms with Gasteiger partial charge in [0.25, 0.3) is 0 Å². The second-order valence-corrected chi connectivity index (χ2v) is 8.76. The van der Waals surface area contributed by atoms with Crippen molar-refractivity contribution in [2.45, 2.75) is 52.2 Å². The molecule has 6 heteroatoms. The average Bonchev–Trinajstić information content (AvgIpc) is 2.73. The lowest BCUT2D eigenvalue weighted by molar-refractivity contribution is -0.948. The van der Waals surface area contributed by atoms with Crippen molar-refractivity contribution in [1.29, 1.82) is 0 Å².